The molecule has 6 nitrogen and oxygen atoms in total. The maximum Gasteiger partial charge on any atom is 0.321 e. The third-order valence-corrected chi connectivity index (χ3v) is 4.95. The van der Waals surface area contributed by atoms with E-state index in [1.54, 1.807) is 6.20 Å². The molecule has 144 valence electrons. The molecule has 1 atom stereocenters. The van der Waals surface area contributed by atoms with Crippen molar-refractivity contribution in [1.29, 1.82) is 0 Å². The Labute approximate surface area is 164 Å². The van der Waals surface area contributed by atoms with Gasteiger partial charge in [-0.1, -0.05) is 12.1 Å². The number of aryl methyl sites for hydroxylation is 1. The fraction of sp³-hybridized carbons (Fsp3) is 0.273. The minimum Gasteiger partial charge on any atom is -0.457 e. The van der Waals surface area contributed by atoms with Gasteiger partial charge in [0.2, 0.25) is 0 Å². The molecular weight excluding hydrogens is 352 g/mol. The summed E-state index contributed by atoms with van der Waals surface area (Å²) in [7, 11) is 0. The second-order valence-electron chi connectivity index (χ2n) is 7.13. The number of likely N-dealkylation sites (tertiary alicyclic amines) is 1. The van der Waals surface area contributed by atoms with Crippen molar-refractivity contribution in [1.82, 2.24) is 14.9 Å². The molecule has 0 bridgehead atoms. The highest BCUT2D eigenvalue weighted by Crippen LogP contribution is 2.26. The first-order chi connectivity index (χ1) is 13.7. The third kappa shape index (κ3) is 4.34. The van der Waals surface area contributed by atoms with Gasteiger partial charge in [-0.2, -0.15) is 0 Å². The van der Waals surface area contributed by atoms with Gasteiger partial charge in [0.25, 0.3) is 0 Å². The van der Waals surface area contributed by atoms with Gasteiger partial charge in [0.05, 0.1) is 0 Å². The molecule has 1 unspecified atom stereocenters. The van der Waals surface area contributed by atoms with Crippen LogP contribution in [0.4, 0.5) is 10.5 Å². The summed E-state index contributed by atoms with van der Waals surface area (Å²) in [5, 5.41) is 2.98. The molecule has 0 spiro atoms. The Bertz CT molecular complexity index is 922. The minimum absolute atomic E-state index is 0.0800. The van der Waals surface area contributed by atoms with Gasteiger partial charge in [-0.3, -0.25) is 0 Å². The van der Waals surface area contributed by atoms with E-state index in [1.807, 2.05) is 66.6 Å². The normalized spacial score (nSPS) is 16.6. The second-order valence-corrected chi connectivity index (χ2v) is 7.13. The summed E-state index contributed by atoms with van der Waals surface area (Å²) in [6, 6.07) is 15.3. The average Bonchev–Trinajstić information content (AvgIpc) is 3.25. The number of rotatable bonds is 4. The number of ether oxygens (including phenoxy) is 1. The van der Waals surface area contributed by atoms with Gasteiger partial charge < -0.3 is 19.9 Å². The lowest BCUT2D eigenvalue weighted by molar-refractivity contribution is 0.191. The van der Waals surface area contributed by atoms with Crippen molar-refractivity contribution in [2.24, 2.45) is 0 Å². The van der Waals surface area contributed by atoms with Gasteiger partial charge in [-0.05, 0) is 61.7 Å². The van der Waals surface area contributed by atoms with Crippen LogP contribution >= 0.6 is 0 Å². The van der Waals surface area contributed by atoms with E-state index in [-0.39, 0.29) is 11.9 Å². The monoisotopic (exact) mass is 376 g/mol. The Kier molecular flexibility index (Phi) is 5.28. The second kappa shape index (κ2) is 8.17. The van der Waals surface area contributed by atoms with Crippen molar-refractivity contribution < 1.29 is 9.53 Å². The fourth-order valence-electron chi connectivity index (χ4n) is 3.51. The average molecular weight is 376 g/mol. The van der Waals surface area contributed by atoms with E-state index in [0.717, 1.165) is 48.0 Å². The van der Waals surface area contributed by atoms with Crippen molar-refractivity contribution in [3.63, 3.8) is 0 Å². The molecule has 6 heteroatoms. The molecule has 28 heavy (non-hydrogen) atoms. The molecule has 2 aromatic carbocycles. The van der Waals surface area contributed by atoms with Gasteiger partial charge >= 0.3 is 6.03 Å². The Hall–Kier alpha value is -3.28. The summed E-state index contributed by atoms with van der Waals surface area (Å²) >= 11 is 0. The summed E-state index contributed by atoms with van der Waals surface area (Å²) < 4.78 is 5.86. The predicted octanol–water partition coefficient (Wildman–Crippen LogP) is 4.92. The number of nitrogens with zero attached hydrogens (tertiary/aromatic N) is 2. The number of anilines is 1. The van der Waals surface area contributed by atoms with Gasteiger partial charge in [0.15, 0.2) is 0 Å². The fourth-order valence-corrected chi connectivity index (χ4v) is 3.51. The van der Waals surface area contributed by atoms with E-state index in [4.69, 9.17) is 4.74 Å². The van der Waals surface area contributed by atoms with Crippen molar-refractivity contribution in [3.8, 4) is 11.5 Å². The zero-order chi connectivity index (χ0) is 19.3. The van der Waals surface area contributed by atoms with Crippen LogP contribution < -0.4 is 10.1 Å². The molecule has 0 aliphatic carbocycles. The molecule has 0 saturated carbocycles. The lowest BCUT2D eigenvalue weighted by Gasteiger charge is -2.31. The summed E-state index contributed by atoms with van der Waals surface area (Å²) in [5.41, 5.74) is 1.90. The van der Waals surface area contributed by atoms with E-state index >= 15 is 0 Å². The maximum absolute atomic E-state index is 12.6. The largest absolute Gasteiger partial charge is 0.457 e. The van der Waals surface area contributed by atoms with Crippen LogP contribution in [0.1, 0.15) is 30.1 Å². The number of aromatic nitrogens is 2. The first kappa shape index (κ1) is 18.1. The van der Waals surface area contributed by atoms with Crippen LogP contribution in [0.5, 0.6) is 11.5 Å². The zero-order valence-electron chi connectivity index (χ0n) is 15.9. The highest BCUT2D eigenvalue weighted by molar-refractivity contribution is 5.89. The van der Waals surface area contributed by atoms with E-state index in [9.17, 15) is 4.79 Å². The molecule has 1 saturated heterocycles. The Morgan fingerprint density at radius 1 is 1.21 bits per heavy atom. The van der Waals surface area contributed by atoms with Crippen LogP contribution in [0, 0.1) is 6.92 Å². The summed E-state index contributed by atoms with van der Waals surface area (Å²) in [4.78, 5) is 22.0. The van der Waals surface area contributed by atoms with Gasteiger partial charge in [0.1, 0.15) is 17.3 Å². The number of urea groups is 1. The number of piperidine rings is 1. The van der Waals surface area contributed by atoms with Crippen LogP contribution in [-0.2, 0) is 0 Å². The number of hydrogen-bond donors (Lipinski definition) is 2. The number of imidazole rings is 1. The van der Waals surface area contributed by atoms with Crippen molar-refractivity contribution in [2.75, 3.05) is 18.4 Å². The number of H-pyrrole nitrogens is 1. The summed E-state index contributed by atoms with van der Waals surface area (Å²) in [6.45, 7) is 3.47. The van der Waals surface area contributed by atoms with E-state index in [1.165, 1.54) is 0 Å². The molecule has 2 heterocycles. The number of benzene rings is 2. The van der Waals surface area contributed by atoms with E-state index in [0.29, 0.717) is 6.54 Å². The Morgan fingerprint density at radius 3 is 2.82 bits per heavy atom. The number of aromatic amines is 1. The topological polar surface area (TPSA) is 70.2 Å². The number of amides is 2. The maximum atomic E-state index is 12.6. The first-order valence-corrected chi connectivity index (χ1v) is 9.57. The number of carbonyl (C=O) groups excluding carboxylic acids is 1. The van der Waals surface area contributed by atoms with Gasteiger partial charge in [-0.15, -0.1) is 0 Å². The van der Waals surface area contributed by atoms with Crippen molar-refractivity contribution in [2.45, 2.75) is 25.7 Å². The molecule has 1 aliphatic rings. The first-order valence-electron chi connectivity index (χ1n) is 9.57. The van der Waals surface area contributed by atoms with Crippen LogP contribution in [-0.4, -0.2) is 34.0 Å². The lowest BCUT2D eigenvalue weighted by atomic mass is 9.98. The minimum atomic E-state index is -0.0800. The molecule has 1 fully saturated rings. The van der Waals surface area contributed by atoms with E-state index < -0.39 is 0 Å². The Balaban J connectivity index is 1.35. The van der Waals surface area contributed by atoms with E-state index in [2.05, 4.69) is 15.3 Å². The van der Waals surface area contributed by atoms with Crippen molar-refractivity contribution >= 4 is 11.7 Å². The molecule has 2 N–H and O–H groups in total. The molecule has 1 aliphatic heterocycles. The van der Waals surface area contributed by atoms with Crippen LogP contribution in [0.3, 0.4) is 0 Å². The third-order valence-electron chi connectivity index (χ3n) is 4.95. The summed E-state index contributed by atoms with van der Waals surface area (Å²) in [5.74, 6) is 2.75. The quantitative estimate of drug-likeness (QED) is 0.679. The lowest BCUT2D eigenvalue weighted by Crippen LogP contribution is -2.41. The van der Waals surface area contributed by atoms with Gasteiger partial charge in [-0.25, -0.2) is 9.78 Å². The highest BCUT2D eigenvalue weighted by Gasteiger charge is 2.26. The number of nitrogens with one attached hydrogen (secondary N) is 2. The zero-order valence-corrected chi connectivity index (χ0v) is 15.9. The number of hydrogen-bond acceptors (Lipinski definition) is 3. The highest BCUT2D eigenvalue weighted by atomic mass is 16.5. The molecule has 0 radical (unpaired) electrons. The molecular formula is C22H24N4O2. The van der Waals surface area contributed by atoms with Crippen LogP contribution in [0.25, 0.3) is 0 Å². The SMILES string of the molecule is Cc1cccc(Oc2ccc(NC(=O)N3CCCC(c4ncc[nH]4)C3)cc2)c1. The van der Waals surface area contributed by atoms with Crippen molar-refractivity contribution in [3.05, 3.63) is 72.3 Å². The molecule has 1 aromatic heterocycles. The number of carbonyl (C=O) groups is 1. The summed E-state index contributed by atoms with van der Waals surface area (Å²) in [6.07, 6.45) is 5.60. The molecule has 2 amide bonds. The smallest absolute Gasteiger partial charge is 0.321 e. The van der Waals surface area contributed by atoms with Gasteiger partial charge in [0, 0.05) is 37.1 Å². The van der Waals surface area contributed by atoms with Crippen LogP contribution in [0.2, 0.25) is 0 Å². The van der Waals surface area contributed by atoms with Crippen LogP contribution in [0.15, 0.2) is 60.9 Å². The Morgan fingerprint density at radius 2 is 2.07 bits per heavy atom. The predicted molar refractivity (Wildman–Crippen MR) is 109 cm³/mol. The molecule has 3 aromatic rings. The molecule has 4 rings (SSSR count). The standard InChI is InChI=1S/C22H24N4O2/c1-16-4-2-6-20(14-16)28-19-9-7-18(8-10-19)25-22(27)26-13-3-5-17(15-26)21-23-11-12-24-21/h2,4,6-12,14,17H,3,5,13,15H2,1H3,(H,23,24)(H,25,27).